The van der Waals surface area contributed by atoms with Crippen molar-refractivity contribution in [2.45, 2.75) is 41.0 Å². The number of fused-ring (bicyclic) bond motifs is 1. The summed E-state index contributed by atoms with van der Waals surface area (Å²) in [6, 6.07) is 6.10. The maximum absolute atomic E-state index is 11.8. The third-order valence-corrected chi connectivity index (χ3v) is 2.75. The van der Waals surface area contributed by atoms with Gasteiger partial charge in [0.05, 0.1) is 0 Å². The maximum atomic E-state index is 11.8. The molecule has 1 aliphatic carbocycles. The van der Waals surface area contributed by atoms with Crippen LogP contribution in [0.2, 0.25) is 0 Å². The monoisotopic (exact) mass is 204 g/mol. The summed E-state index contributed by atoms with van der Waals surface area (Å²) < 4.78 is 0. The molecule has 1 heteroatoms. The highest BCUT2D eigenvalue weighted by atomic mass is 16.1. The molecule has 0 N–H and O–H groups in total. The lowest BCUT2D eigenvalue weighted by Crippen LogP contribution is -2.18. The Balaban J connectivity index is 0.000000531. The van der Waals surface area contributed by atoms with E-state index in [2.05, 4.69) is 13.0 Å². The molecule has 0 spiro atoms. The van der Waals surface area contributed by atoms with Gasteiger partial charge in [-0.05, 0) is 18.9 Å². The fourth-order valence-corrected chi connectivity index (χ4v) is 2.01. The van der Waals surface area contributed by atoms with Crippen molar-refractivity contribution in [3.63, 3.8) is 0 Å². The standard InChI is InChI=1S/C12H14O.C2H6/c1-8-4-5-10-9(6-8)7-12(2,3)11(10)13;1-2/h4-6H,7H2,1-3H3;1-2H3. The first-order valence-corrected chi connectivity index (χ1v) is 5.65. The Morgan fingerprint density at radius 1 is 1.20 bits per heavy atom. The predicted molar refractivity (Wildman–Crippen MR) is 64.3 cm³/mol. The van der Waals surface area contributed by atoms with Crippen LogP contribution in [0.15, 0.2) is 18.2 Å². The maximum Gasteiger partial charge on any atom is 0.169 e. The fourth-order valence-electron chi connectivity index (χ4n) is 2.01. The summed E-state index contributed by atoms with van der Waals surface area (Å²) in [7, 11) is 0. The Bertz CT molecular complexity index is 375. The van der Waals surface area contributed by atoms with E-state index in [0.717, 1.165) is 12.0 Å². The van der Waals surface area contributed by atoms with Crippen LogP contribution in [-0.2, 0) is 6.42 Å². The number of benzene rings is 1. The molecule has 1 aromatic carbocycles. The highest BCUT2D eigenvalue weighted by molar-refractivity contribution is 6.04. The third kappa shape index (κ3) is 2.11. The molecule has 0 heterocycles. The number of Topliss-reactive ketones (excluding diaryl/α,β-unsaturated/α-hetero) is 1. The molecule has 0 atom stereocenters. The van der Waals surface area contributed by atoms with Gasteiger partial charge in [0.15, 0.2) is 5.78 Å². The molecule has 0 saturated carbocycles. The minimum atomic E-state index is -0.184. The minimum Gasteiger partial charge on any atom is -0.294 e. The molecule has 2 rings (SSSR count). The van der Waals surface area contributed by atoms with Crippen LogP contribution in [0.1, 0.15) is 49.2 Å². The van der Waals surface area contributed by atoms with Gasteiger partial charge in [-0.15, -0.1) is 0 Å². The number of ketones is 1. The van der Waals surface area contributed by atoms with Crippen LogP contribution in [0.25, 0.3) is 0 Å². The Kier molecular flexibility index (Phi) is 3.33. The molecule has 0 bridgehead atoms. The summed E-state index contributed by atoms with van der Waals surface area (Å²) in [5.41, 5.74) is 3.20. The van der Waals surface area contributed by atoms with Crippen LogP contribution in [-0.4, -0.2) is 5.78 Å². The van der Waals surface area contributed by atoms with Crippen molar-refractivity contribution >= 4 is 5.78 Å². The van der Waals surface area contributed by atoms with Crippen LogP contribution < -0.4 is 0 Å². The van der Waals surface area contributed by atoms with E-state index in [9.17, 15) is 4.79 Å². The van der Waals surface area contributed by atoms with Gasteiger partial charge < -0.3 is 0 Å². The summed E-state index contributed by atoms with van der Waals surface area (Å²) in [4.78, 5) is 11.8. The molecule has 0 amide bonds. The van der Waals surface area contributed by atoms with E-state index in [1.807, 2.05) is 39.8 Å². The van der Waals surface area contributed by atoms with Crippen LogP contribution in [0, 0.1) is 12.3 Å². The van der Waals surface area contributed by atoms with Crippen molar-refractivity contribution in [2.75, 3.05) is 0 Å². The van der Waals surface area contributed by atoms with Crippen LogP contribution >= 0.6 is 0 Å². The molecular weight excluding hydrogens is 184 g/mol. The first-order valence-electron chi connectivity index (χ1n) is 5.65. The molecule has 82 valence electrons. The second-order valence-electron chi connectivity index (χ2n) is 4.55. The van der Waals surface area contributed by atoms with Gasteiger partial charge in [-0.2, -0.15) is 0 Å². The molecule has 1 aromatic rings. The molecule has 0 aliphatic heterocycles. The Morgan fingerprint density at radius 3 is 2.40 bits per heavy atom. The molecular formula is C14H20O. The molecule has 0 aromatic heterocycles. The third-order valence-electron chi connectivity index (χ3n) is 2.75. The number of aryl methyl sites for hydroxylation is 1. The quantitative estimate of drug-likeness (QED) is 0.628. The van der Waals surface area contributed by atoms with Crippen molar-refractivity contribution in [3.8, 4) is 0 Å². The van der Waals surface area contributed by atoms with Crippen molar-refractivity contribution in [3.05, 3.63) is 34.9 Å². The smallest absolute Gasteiger partial charge is 0.169 e. The topological polar surface area (TPSA) is 17.1 Å². The van der Waals surface area contributed by atoms with Crippen molar-refractivity contribution in [1.29, 1.82) is 0 Å². The molecule has 0 fully saturated rings. The second kappa shape index (κ2) is 4.18. The lowest BCUT2D eigenvalue weighted by Gasteiger charge is -2.12. The van der Waals surface area contributed by atoms with E-state index in [1.54, 1.807) is 0 Å². The van der Waals surface area contributed by atoms with Gasteiger partial charge in [-0.3, -0.25) is 4.79 Å². The van der Waals surface area contributed by atoms with E-state index in [4.69, 9.17) is 0 Å². The first kappa shape index (κ1) is 12.0. The highest BCUT2D eigenvalue weighted by Gasteiger charge is 2.36. The first-order chi connectivity index (χ1) is 7.00. The zero-order chi connectivity index (χ0) is 11.6. The van der Waals surface area contributed by atoms with Gasteiger partial charge in [0, 0.05) is 11.0 Å². The largest absolute Gasteiger partial charge is 0.294 e. The SMILES string of the molecule is CC.Cc1ccc2c(c1)CC(C)(C)C2=O. The van der Waals surface area contributed by atoms with Crippen molar-refractivity contribution < 1.29 is 4.79 Å². The van der Waals surface area contributed by atoms with E-state index in [-0.39, 0.29) is 5.41 Å². The van der Waals surface area contributed by atoms with E-state index >= 15 is 0 Å². The summed E-state index contributed by atoms with van der Waals surface area (Å²) in [6.45, 7) is 10.1. The van der Waals surface area contributed by atoms with Gasteiger partial charge in [0.25, 0.3) is 0 Å². The molecule has 0 unspecified atom stereocenters. The van der Waals surface area contributed by atoms with E-state index in [1.165, 1.54) is 11.1 Å². The van der Waals surface area contributed by atoms with Crippen molar-refractivity contribution in [2.24, 2.45) is 5.41 Å². The van der Waals surface area contributed by atoms with Crippen LogP contribution in [0.4, 0.5) is 0 Å². The predicted octanol–water partition coefficient (Wildman–Crippen LogP) is 3.79. The summed E-state index contributed by atoms with van der Waals surface area (Å²) in [5.74, 6) is 0.294. The average molecular weight is 204 g/mol. The Labute approximate surface area is 92.5 Å². The normalized spacial score (nSPS) is 16.7. The number of carbonyl (C=O) groups excluding carboxylic acids is 1. The highest BCUT2D eigenvalue weighted by Crippen LogP contribution is 2.36. The molecule has 1 aliphatic rings. The molecule has 1 nitrogen and oxygen atoms in total. The van der Waals surface area contributed by atoms with E-state index < -0.39 is 0 Å². The molecule has 15 heavy (non-hydrogen) atoms. The van der Waals surface area contributed by atoms with E-state index in [0.29, 0.717) is 5.78 Å². The summed E-state index contributed by atoms with van der Waals surface area (Å²) >= 11 is 0. The van der Waals surface area contributed by atoms with Gasteiger partial charge >= 0.3 is 0 Å². The number of hydrogen-bond donors (Lipinski definition) is 0. The van der Waals surface area contributed by atoms with Gasteiger partial charge in [-0.1, -0.05) is 51.5 Å². The Hall–Kier alpha value is -1.11. The van der Waals surface area contributed by atoms with Gasteiger partial charge in [0.1, 0.15) is 0 Å². The molecule has 0 radical (unpaired) electrons. The fraction of sp³-hybridized carbons (Fsp3) is 0.500. The summed E-state index contributed by atoms with van der Waals surface area (Å²) in [5, 5.41) is 0. The van der Waals surface area contributed by atoms with Crippen molar-refractivity contribution in [1.82, 2.24) is 0 Å². The molecule has 0 saturated heterocycles. The van der Waals surface area contributed by atoms with Crippen LogP contribution in [0.5, 0.6) is 0 Å². The number of carbonyl (C=O) groups is 1. The van der Waals surface area contributed by atoms with Crippen LogP contribution in [0.3, 0.4) is 0 Å². The van der Waals surface area contributed by atoms with Gasteiger partial charge in [-0.25, -0.2) is 0 Å². The minimum absolute atomic E-state index is 0.184. The zero-order valence-corrected chi connectivity index (χ0v) is 10.3. The van der Waals surface area contributed by atoms with Gasteiger partial charge in [0.2, 0.25) is 0 Å². The average Bonchev–Trinajstić information content (AvgIpc) is 2.40. The number of hydrogen-bond acceptors (Lipinski definition) is 1. The lowest BCUT2D eigenvalue weighted by molar-refractivity contribution is 0.0863. The zero-order valence-electron chi connectivity index (χ0n) is 10.3. The second-order valence-corrected chi connectivity index (χ2v) is 4.55. The Morgan fingerprint density at radius 2 is 1.80 bits per heavy atom. The lowest BCUT2D eigenvalue weighted by atomic mass is 9.89. The summed E-state index contributed by atoms with van der Waals surface area (Å²) in [6.07, 6.45) is 0.892. The number of rotatable bonds is 0.